The van der Waals surface area contributed by atoms with Crippen molar-refractivity contribution in [3.8, 4) is 0 Å². The fourth-order valence-corrected chi connectivity index (χ4v) is 3.90. The molecule has 1 aliphatic rings. The summed E-state index contributed by atoms with van der Waals surface area (Å²) in [6.07, 6.45) is 4.04. The molecule has 28 heavy (non-hydrogen) atoms. The Labute approximate surface area is 165 Å². The molecular formula is C21H22N4O2S. The molecule has 1 fully saturated rings. The Balaban J connectivity index is 1.48. The Kier molecular flexibility index (Phi) is 5.00. The zero-order valence-electron chi connectivity index (χ0n) is 15.6. The van der Waals surface area contributed by atoms with Crippen molar-refractivity contribution in [1.82, 2.24) is 9.97 Å². The average Bonchev–Trinajstić information content (AvgIpc) is 3.54. The van der Waals surface area contributed by atoms with Gasteiger partial charge in [-0.15, -0.1) is 0 Å². The summed E-state index contributed by atoms with van der Waals surface area (Å²) in [5, 5.41) is 6.42. The molecule has 3 aromatic rings. The van der Waals surface area contributed by atoms with Gasteiger partial charge in [-0.05, 0) is 54.7 Å². The predicted molar refractivity (Wildman–Crippen MR) is 111 cm³/mol. The lowest BCUT2D eigenvalue weighted by molar-refractivity contribution is 0.597. The maximum absolute atomic E-state index is 12.1. The fraction of sp³-hybridized carbons (Fsp3) is 0.238. The maximum atomic E-state index is 12.1. The van der Waals surface area contributed by atoms with Crippen molar-refractivity contribution in [1.29, 1.82) is 0 Å². The maximum Gasteiger partial charge on any atom is 0.178 e. The number of anilines is 4. The van der Waals surface area contributed by atoms with Crippen LogP contribution in [0.15, 0.2) is 65.8 Å². The predicted octanol–water partition coefficient (Wildman–Crippen LogP) is 4.63. The van der Waals surface area contributed by atoms with Crippen molar-refractivity contribution in [2.45, 2.75) is 30.6 Å². The summed E-state index contributed by atoms with van der Waals surface area (Å²) in [5.41, 5.74) is 3.01. The second-order valence-electron chi connectivity index (χ2n) is 6.87. The molecular weight excluding hydrogens is 372 g/mol. The van der Waals surface area contributed by atoms with Crippen molar-refractivity contribution in [3.63, 3.8) is 0 Å². The highest BCUT2D eigenvalue weighted by molar-refractivity contribution is 7.91. The summed E-state index contributed by atoms with van der Waals surface area (Å²) >= 11 is 0. The topological polar surface area (TPSA) is 84.0 Å². The number of nitrogens with one attached hydrogen (secondary N) is 2. The van der Waals surface area contributed by atoms with Crippen LogP contribution in [0.25, 0.3) is 0 Å². The zero-order valence-corrected chi connectivity index (χ0v) is 16.4. The Bertz CT molecular complexity index is 1080. The first-order valence-electron chi connectivity index (χ1n) is 9.32. The summed E-state index contributed by atoms with van der Waals surface area (Å²) in [4.78, 5) is 8.77. The van der Waals surface area contributed by atoms with Gasteiger partial charge in [0.1, 0.15) is 18.0 Å². The Morgan fingerprint density at radius 3 is 2.25 bits per heavy atom. The first-order chi connectivity index (χ1) is 13.5. The molecule has 0 saturated heterocycles. The van der Waals surface area contributed by atoms with E-state index in [4.69, 9.17) is 0 Å². The molecule has 0 spiro atoms. The molecule has 1 aliphatic carbocycles. The van der Waals surface area contributed by atoms with E-state index < -0.39 is 9.84 Å². The van der Waals surface area contributed by atoms with Crippen molar-refractivity contribution >= 4 is 32.8 Å². The highest BCUT2D eigenvalue weighted by atomic mass is 32.2. The molecule has 0 radical (unpaired) electrons. The normalized spacial score (nSPS) is 13.9. The van der Waals surface area contributed by atoms with E-state index in [1.165, 1.54) is 24.7 Å². The molecule has 144 valence electrons. The molecule has 0 aliphatic heterocycles. The quantitative estimate of drug-likeness (QED) is 0.608. The molecule has 6 nitrogen and oxygen atoms in total. The lowest BCUT2D eigenvalue weighted by Crippen LogP contribution is -2.04. The second-order valence-corrected chi connectivity index (χ2v) is 9.14. The molecule has 7 heteroatoms. The van der Waals surface area contributed by atoms with E-state index in [0.717, 1.165) is 11.6 Å². The van der Waals surface area contributed by atoms with E-state index in [1.54, 1.807) is 37.3 Å². The molecule has 0 bridgehead atoms. The van der Waals surface area contributed by atoms with E-state index in [9.17, 15) is 8.42 Å². The molecule has 0 amide bonds. The summed E-state index contributed by atoms with van der Waals surface area (Å²) in [5.74, 6) is 2.04. The van der Waals surface area contributed by atoms with E-state index in [1.807, 2.05) is 0 Å². The third kappa shape index (κ3) is 4.31. The molecule has 1 aromatic heterocycles. The van der Waals surface area contributed by atoms with Crippen LogP contribution in [-0.2, 0) is 9.84 Å². The highest BCUT2D eigenvalue weighted by Crippen LogP contribution is 2.40. The number of rotatable bonds is 7. The summed E-state index contributed by atoms with van der Waals surface area (Å²) in [7, 11) is -3.25. The van der Waals surface area contributed by atoms with Gasteiger partial charge in [0.05, 0.1) is 10.6 Å². The van der Waals surface area contributed by atoms with Crippen LogP contribution in [0.4, 0.5) is 23.0 Å². The van der Waals surface area contributed by atoms with E-state index in [-0.39, 0.29) is 5.75 Å². The minimum Gasteiger partial charge on any atom is -0.340 e. The molecule has 1 saturated carbocycles. The molecule has 0 atom stereocenters. The van der Waals surface area contributed by atoms with Gasteiger partial charge in [0.15, 0.2) is 9.84 Å². The first kappa shape index (κ1) is 18.4. The van der Waals surface area contributed by atoms with Gasteiger partial charge < -0.3 is 10.6 Å². The van der Waals surface area contributed by atoms with Gasteiger partial charge in [-0.1, -0.05) is 25.1 Å². The van der Waals surface area contributed by atoms with Crippen molar-refractivity contribution in [2.75, 3.05) is 16.4 Å². The van der Waals surface area contributed by atoms with Crippen LogP contribution < -0.4 is 10.6 Å². The zero-order chi connectivity index (χ0) is 19.6. The number of hydrogen-bond acceptors (Lipinski definition) is 6. The smallest absolute Gasteiger partial charge is 0.178 e. The van der Waals surface area contributed by atoms with Crippen LogP contribution in [0.3, 0.4) is 0 Å². The van der Waals surface area contributed by atoms with Gasteiger partial charge in [0.25, 0.3) is 0 Å². The Morgan fingerprint density at radius 1 is 0.929 bits per heavy atom. The first-order valence-corrected chi connectivity index (χ1v) is 11.0. The number of nitrogens with zero attached hydrogens (tertiary/aromatic N) is 2. The van der Waals surface area contributed by atoms with Crippen molar-refractivity contribution in [2.24, 2.45) is 0 Å². The van der Waals surface area contributed by atoms with Crippen LogP contribution in [0.1, 0.15) is 31.2 Å². The lowest BCUT2D eigenvalue weighted by Gasteiger charge is -2.10. The van der Waals surface area contributed by atoms with Crippen LogP contribution >= 0.6 is 0 Å². The Hall–Kier alpha value is -2.93. The summed E-state index contributed by atoms with van der Waals surface area (Å²) < 4.78 is 24.1. The van der Waals surface area contributed by atoms with Gasteiger partial charge in [-0.3, -0.25) is 0 Å². The second kappa shape index (κ2) is 7.59. The third-order valence-corrected chi connectivity index (χ3v) is 6.48. The SMILES string of the molecule is CCS(=O)(=O)c1cccc(Nc2cc(Nc3ccc(C4CC4)cc3)ncn2)c1. The molecule has 1 heterocycles. The minimum absolute atomic E-state index is 0.0670. The van der Waals surface area contributed by atoms with Crippen LogP contribution in [0.5, 0.6) is 0 Å². The average molecular weight is 395 g/mol. The molecule has 0 unspecified atom stereocenters. The highest BCUT2D eigenvalue weighted by Gasteiger charge is 2.22. The Morgan fingerprint density at radius 2 is 1.61 bits per heavy atom. The third-order valence-electron chi connectivity index (χ3n) is 4.74. The largest absolute Gasteiger partial charge is 0.340 e. The number of benzene rings is 2. The minimum atomic E-state index is -3.25. The molecule has 2 aromatic carbocycles. The van der Waals surface area contributed by atoms with E-state index >= 15 is 0 Å². The van der Waals surface area contributed by atoms with Crippen LogP contribution in [-0.4, -0.2) is 24.1 Å². The number of sulfone groups is 1. The van der Waals surface area contributed by atoms with Crippen molar-refractivity contribution < 1.29 is 8.42 Å². The summed E-state index contributed by atoms with van der Waals surface area (Å²) in [6, 6.07) is 16.9. The van der Waals surface area contributed by atoms with Gasteiger partial charge in [-0.2, -0.15) is 0 Å². The van der Waals surface area contributed by atoms with Gasteiger partial charge in [0, 0.05) is 17.4 Å². The molecule has 2 N–H and O–H groups in total. The summed E-state index contributed by atoms with van der Waals surface area (Å²) in [6.45, 7) is 1.63. The van der Waals surface area contributed by atoms with Crippen LogP contribution in [0, 0.1) is 0 Å². The monoisotopic (exact) mass is 394 g/mol. The number of hydrogen-bond donors (Lipinski definition) is 2. The van der Waals surface area contributed by atoms with Gasteiger partial charge in [-0.25, -0.2) is 18.4 Å². The molecule has 4 rings (SSSR count). The van der Waals surface area contributed by atoms with Crippen molar-refractivity contribution in [3.05, 3.63) is 66.5 Å². The fourth-order valence-electron chi connectivity index (χ4n) is 2.98. The number of aromatic nitrogens is 2. The lowest BCUT2D eigenvalue weighted by atomic mass is 10.1. The van der Waals surface area contributed by atoms with Crippen LogP contribution in [0.2, 0.25) is 0 Å². The van der Waals surface area contributed by atoms with Gasteiger partial charge in [0.2, 0.25) is 0 Å². The standard InChI is InChI=1S/C21H22N4O2S/c1-2-28(26,27)19-5-3-4-18(12-19)25-21-13-20(22-14-23-21)24-17-10-8-16(9-11-17)15-6-7-15/h3-5,8-15H,2,6-7H2,1H3,(H2,22,23,24,25). The van der Waals surface area contributed by atoms with E-state index in [2.05, 4.69) is 44.9 Å². The van der Waals surface area contributed by atoms with Gasteiger partial charge >= 0.3 is 0 Å². The van der Waals surface area contributed by atoms with E-state index in [0.29, 0.717) is 22.2 Å².